The van der Waals surface area contributed by atoms with Gasteiger partial charge in [-0.05, 0) is 25.0 Å². The molecule has 140 valence electrons. The van der Waals surface area contributed by atoms with Gasteiger partial charge in [0.25, 0.3) is 0 Å². The van der Waals surface area contributed by atoms with Crippen molar-refractivity contribution >= 4 is 16.7 Å². The van der Waals surface area contributed by atoms with Crippen LogP contribution in [0.5, 0.6) is 11.5 Å². The van der Waals surface area contributed by atoms with Crippen molar-refractivity contribution in [2.75, 3.05) is 26.4 Å². The molecule has 6 heteroatoms. The highest BCUT2D eigenvalue weighted by Crippen LogP contribution is 2.33. The first-order chi connectivity index (χ1) is 12.7. The fourth-order valence-electron chi connectivity index (χ4n) is 2.41. The number of hydrogen-bond acceptors (Lipinski definition) is 6. The van der Waals surface area contributed by atoms with Gasteiger partial charge in [0.2, 0.25) is 0 Å². The van der Waals surface area contributed by atoms with Crippen LogP contribution in [0.3, 0.4) is 0 Å². The number of carbonyl (C=O) groups excluding carboxylic acids is 1. The minimum Gasteiger partial charge on any atom is -0.493 e. The SMILES string of the molecule is C=CC(=O)OC(CO)COc1ccc(OCCCCO)c2ccccc12. The molecule has 2 aromatic carbocycles. The first-order valence-corrected chi connectivity index (χ1v) is 8.51. The van der Waals surface area contributed by atoms with Crippen molar-refractivity contribution in [2.24, 2.45) is 0 Å². The van der Waals surface area contributed by atoms with E-state index in [-0.39, 0.29) is 19.8 Å². The number of ether oxygens (including phenoxy) is 3. The molecule has 0 heterocycles. The Hall–Kier alpha value is -2.57. The Morgan fingerprint density at radius 2 is 1.69 bits per heavy atom. The summed E-state index contributed by atoms with van der Waals surface area (Å²) in [5.41, 5.74) is 0. The van der Waals surface area contributed by atoms with E-state index in [0.29, 0.717) is 18.8 Å². The number of esters is 1. The Kier molecular flexibility index (Phi) is 7.92. The lowest BCUT2D eigenvalue weighted by Gasteiger charge is -2.17. The largest absolute Gasteiger partial charge is 0.493 e. The summed E-state index contributed by atoms with van der Waals surface area (Å²) in [5, 5.41) is 19.9. The Morgan fingerprint density at radius 1 is 1.04 bits per heavy atom. The normalized spacial score (nSPS) is 11.8. The fraction of sp³-hybridized carbons (Fsp3) is 0.350. The molecule has 2 aromatic rings. The molecule has 0 aromatic heterocycles. The van der Waals surface area contributed by atoms with Crippen molar-refractivity contribution < 1.29 is 29.2 Å². The second-order valence-corrected chi connectivity index (χ2v) is 5.64. The molecule has 0 fully saturated rings. The van der Waals surface area contributed by atoms with Crippen molar-refractivity contribution in [1.29, 1.82) is 0 Å². The quantitative estimate of drug-likeness (QED) is 0.364. The van der Waals surface area contributed by atoms with Gasteiger partial charge in [-0.3, -0.25) is 0 Å². The third-order valence-electron chi connectivity index (χ3n) is 3.73. The Morgan fingerprint density at radius 3 is 2.27 bits per heavy atom. The van der Waals surface area contributed by atoms with E-state index in [1.54, 1.807) is 6.07 Å². The Balaban J connectivity index is 2.11. The minimum atomic E-state index is -0.770. The van der Waals surface area contributed by atoms with Crippen molar-refractivity contribution in [3.63, 3.8) is 0 Å². The number of fused-ring (bicyclic) bond motifs is 1. The van der Waals surface area contributed by atoms with Crippen LogP contribution in [0, 0.1) is 0 Å². The van der Waals surface area contributed by atoms with Crippen LogP contribution in [-0.2, 0) is 9.53 Å². The number of hydrogen-bond donors (Lipinski definition) is 2. The molecule has 0 bridgehead atoms. The second-order valence-electron chi connectivity index (χ2n) is 5.64. The van der Waals surface area contributed by atoms with Crippen LogP contribution in [0.25, 0.3) is 10.8 Å². The lowest BCUT2D eigenvalue weighted by molar-refractivity contribution is -0.146. The molecular formula is C20H24O6. The number of benzene rings is 2. The maximum Gasteiger partial charge on any atom is 0.330 e. The van der Waals surface area contributed by atoms with Gasteiger partial charge in [-0.2, -0.15) is 0 Å². The van der Waals surface area contributed by atoms with Crippen LogP contribution in [0.15, 0.2) is 49.1 Å². The van der Waals surface area contributed by atoms with Crippen LogP contribution in [0.1, 0.15) is 12.8 Å². The predicted octanol–water partition coefficient (Wildman–Crippen LogP) is 2.46. The van der Waals surface area contributed by atoms with E-state index in [4.69, 9.17) is 19.3 Å². The summed E-state index contributed by atoms with van der Waals surface area (Å²) in [6.07, 6.45) is 1.75. The Bertz CT molecular complexity index is 727. The molecule has 0 saturated heterocycles. The average molecular weight is 360 g/mol. The lowest BCUT2D eigenvalue weighted by atomic mass is 10.1. The first-order valence-electron chi connectivity index (χ1n) is 8.51. The zero-order valence-electron chi connectivity index (χ0n) is 14.6. The third kappa shape index (κ3) is 5.47. The summed E-state index contributed by atoms with van der Waals surface area (Å²) < 4.78 is 16.6. The second kappa shape index (κ2) is 10.4. The van der Waals surface area contributed by atoms with Gasteiger partial charge in [0, 0.05) is 23.5 Å². The summed E-state index contributed by atoms with van der Waals surface area (Å²) in [7, 11) is 0. The van der Waals surface area contributed by atoms with Crippen LogP contribution in [0.2, 0.25) is 0 Å². The van der Waals surface area contributed by atoms with E-state index in [9.17, 15) is 9.90 Å². The van der Waals surface area contributed by atoms with Crippen LogP contribution in [0.4, 0.5) is 0 Å². The molecular weight excluding hydrogens is 336 g/mol. The monoisotopic (exact) mass is 360 g/mol. The maximum absolute atomic E-state index is 11.3. The van der Waals surface area contributed by atoms with E-state index in [0.717, 1.165) is 29.0 Å². The smallest absolute Gasteiger partial charge is 0.330 e. The zero-order valence-corrected chi connectivity index (χ0v) is 14.6. The summed E-state index contributed by atoms with van der Waals surface area (Å²) >= 11 is 0. The topological polar surface area (TPSA) is 85.2 Å². The number of rotatable bonds is 11. The van der Waals surface area contributed by atoms with Crippen LogP contribution < -0.4 is 9.47 Å². The zero-order chi connectivity index (χ0) is 18.8. The third-order valence-corrected chi connectivity index (χ3v) is 3.73. The molecule has 1 atom stereocenters. The predicted molar refractivity (Wildman–Crippen MR) is 98.4 cm³/mol. The van der Waals surface area contributed by atoms with Crippen molar-refractivity contribution in [3.8, 4) is 11.5 Å². The van der Waals surface area contributed by atoms with Crippen molar-refractivity contribution in [3.05, 3.63) is 49.1 Å². The van der Waals surface area contributed by atoms with E-state index in [1.807, 2.05) is 30.3 Å². The number of carbonyl (C=O) groups is 1. The maximum atomic E-state index is 11.3. The van der Waals surface area contributed by atoms with E-state index < -0.39 is 12.1 Å². The van der Waals surface area contributed by atoms with E-state index in [1.165, 1.54) is 0 Å². The summed E-state index contributed by atoms with van der Waals surface area (Å²) in [5.74, 6) is 0.739. The van der Waals surface area contributed by atoms with Gasteiger partial charge in [0.15, 0.2) is 6.10 Å². The molecule has 0 aliphatic heterocycles. The fourth-order valence-corrected chi connectivity index (χ4v) is 2.41. The highest BCUT2D eigenvalue weighted by molar-refractivity contribution is 5.93. The van der Waals surface area contributed by atoms with Crippen LogP contribution >= 0.6 is 0 Å². The summed E-state index contributed by atoms with van der Waals surface area (Å²) in [6, 6.07) is 11.3. The first kappa shape index (κ1) is 19.8. The van der Waals surface area contributed by atoms with E-state index in [2.05, 4.69) is 6.58 Å². The lowest BCUT2D eigenvalue weighted by Crippen LogP contribution is -2.27. The molecule has 6 nitrogen and oxygen atoms in total. The standard InChI is InChI=1S/C20H24O6/c1-2-20(23)26-15(13-22)14-25-19-10-9-18(24-12-6-5-11-21)16-7-3-4-8-17(16)19/h2-4,7-10,15,21-22H,1,5-6,11-14H2. The number of aliphatic hydroxyl groups is 2. The molecule has 0 spiro atoms. The highest BCUT2D eigenvalue weighted by atomic mass is 16.6. The average Bonchev–Trinajstić information content (AvgIpc) is 2.68. The molecule has 0 saturated carbocycles. The summed E-state index contributed by atoms with van der Waals surface area (Å²) in [4.78, 5) is 11.3. The van der Waals surface area contributed by atoms with Gasteiger partial charge in [0.05, 0.1) is 13.2 Å². The molecule has 26 heavy (non-hydrogen) atoms. The number of aliphatic hydroxyl groups excluding tert-OH is 2. The molecule has 1 unspecified atom stereocenters. The molecule has 0 aliphatic carbocycles. The Labute approximate surface area is 152 Å². The molecule has 0 amide bonds. The summed E-state index contributed by atoms with van der Waals surface area (Å²) in [6.45, 7) is 3.68. The van der Waals surface area contributed by atoms with Gasteiger partial charge < -0.3 is 24.4 Å². The van der Waals surface area contributed by atoms with Crippen molar-refractivity contribution in [2.45, 2.75) is 18.9 Å². The van der Waals surface area contributed by atoms with E-state index >= 15 is 0 Å². The highest BCUT2D eigenvalue weighted by Gasteiger charge is 2.14. The minimum absolute atomic E-state index is 0.0246. The van der Waals surface area contributed by atoms with Crippen molar-refractivity contribution in [1.82, 2.24) is 0 Å². The van der Waals surface area contributed by atoms with Gasteiger partial charge in [-0.15, -0.1) is 0 Å². The molecule has 2 N–H and O–H groups in total. The van der Waals surface area contributed by atoms with Gasteiger partial charge in [-0.25, -0.2) is 4.79 Å². The van der Waals surface area contributed by atoms with Gasteiger partial charge in [-0.1, -0.05) is 30.8 Å². The molecule has 2 rings (SSSR count). The molecule has 0 radical (unpaired) electrons. The number of unbranched alkanes of at least 4 members (excludes halogenated alkanes) is 1. The van der Waals surface area contributed by atoms with Gasteiger partial charge in [0.1, 0.15) is 18.1 Å². The van der Waals surface area contributed by atoms with Gasteiger partial charge >= 0.3 is 5.97 Å². The van der Waals surface area contributed by atoms with Crippen LogP contribution in [-0.4, -0.2) is 48.7 Å². The molecule has 0 aliphatic rings.